The molecule has 0 N–H and O–H groups in total. The quantitative estimate of drug-likeness (QED) is 0.683. The number of nitrogens with zero attached hydrogens (tertiary/aromatic N) is 2. The van der Waals surface area contributed by atoms with Gasteiger partial charge >= 0.3 is 0 Å². The van der Waals surface area contributed by atoms with Crippen molar-refractivity contribution in [2.24, 2.45) is 7.05 Å². The van der Waals surface area contributed by atoms with Gasteiger partial charge in [-0.2, -0.15) is 5.10 Å². The topological polar surface area (TPSA) is 17.8 Å². The van der Waals surface area contributed by atoms with Crippen LogP contribution in [0.3, 0.4) is 0 Å². The zero-order chi connectivity index (χ0) is 9.42. The van der Waals surface area contributed by atoms with Gasteiger partial charge in [-0.1, -0.05) is 24.6 Å². The Kier molecular flexibility index (Phi) is 2.00. The van der Waals surface area contributed by atoms with Crippen LogP contribution < -0.4 is 0 Å². The van der Waals surface area contributed by atoms with Crippen LogP contribution in [0.1, 0.15) is 12.5 Å². The van der Waals surface area contributed by atoms with Gasteiger partial charge in [0.2, 0.25) is 0 Å². The van der Waals surface area contributed by atoms with Gasteiger partial charge in [0.25, 0.3) is 0 Å². The molecule has 2 aromatic rings. The molecule has 3 heteroatoms. The number of rotatable bonds is 1. The maximum Gasteiger partial charge on any atom is 0.0725 e. The first-order chi connectivity index (χ1) is 6.24. The normalized spacial score (nSPS) is 11.0. The number of fused-ring (bicyclic) bond motifs is 1. The summed E-state index contributed by atoms with van der Waals surface area (Å²) < 4.78 is 1.88. The van der Waals surface area contributed by atoms with E-state index >= 15 is 0 Å². The number of aromatic nitrogens is 2. The Morgan fingerprint density at radius 3 is 2.92 bits per heavy atom. The van der Waals surface area contributed by atoms with Crippen molar-refractivity contribution in [1.82, 2.24) is 9.78 Å². The van der Waals surface area contributed by atoms with Gasteiger partial charge in [-0.3, -0.25) is 4.68 Å². The lowest BCUT2D eigenvalue weighted by Crippen LogP contribution is -1.93. The van der Waals surface area contributed by atoms with E-state index in [1.54, 1.807) is 0 Å². The molecule has 0 bridgehead atoms. The highest BCUT2D eigenvalue weighted by Crippen LogP contribution is 2.25. The lowest BCUT2D eigenvalue weighted by Gasteiger charge is -2.02. The maximum absolute atomic E-state index is 6.05. The van der Waals surface area contributed by atoms with Crippen molar-refractivity contribution in [1.29, 1.82) is 0 Å². The summed E-state index contributed by atoms with van der Waals surface area (Å²) >= 11 is 6.05. The maximum atomic E-state index is 6.05. The van der Waals surface area contributed by atoms with Crippen LogP contribution in [-0.4, -0.2) is 9.78 Å². The van der Waals surface area contributed by atoms with E-state index in [9.17, 15) is 0 Å². The van der Waals surface area contributed by atoms with Gasteiger partial charge in [-0.25, -0.2) is 0 Å². The third kappa shape index (κ3) is 1.22. The minimum absolute atomic E-state index is 0.778. The summed E-state index contributed by atoms with van der Waals surface area (Å²) in [7, 11) is 1.94. The van der Waals surface area contributed by atoms with E-state index in [4.69, 9.17) is 11.6 Å². The molecule has 0 amide bonds. The summed E-state index contributed by atoms with van der Waals surface area (Å²) in [5.41, 5.74) is 2.44. The van der Waals surface area contributed by atoms with E-state index in [0.29, 0.717) is 0 Å². The molecule has 13 heavy (non-hydrogen) atoms. The fourth-order valence-electron chi connectivity index (χ4n) is 1.62. The molecule has 0 aliphatic rings. The molecule has 0 aliphatic carbocycles. The minimum Gasteiger partial charge on any atom is -0.268 e. The third-order valence-corrected chi connectivity index (χ3v) is 2.64. The Labute approximate surface area is 82.1 Å². The fraction of sp³-hybridized carbons (Fsp3) is 0.300. The van der Waals surface area contributed by atoms with Gasteiger partial charge in [-0.05, 0) is 18.1 Å². The van der Waals surface area contributed by atoms with Crippen LogP contribution in [0, 0.1) is 0 Å². The van der Waals surface area contributed by atoms with Crippen molar-refractivity contribution >= 4 is 22.5 Å². The molecule has 0 radical (unpaired) electrons. The SMILES string of the molecule is CCc1ccc(Cl)c2cnn(C)c12. The first kappa shape index (κ1) is 8.57. The largest absolute Gasteiger partial charge is 0.268 e. The van der Waals surface area contributed by atoms with Crippen molar-refractivity contribution in [3.8, 4) is 0 Å². The Hall–Kier alpha value is -1.02. The van der Waals surface area contributed by atoms with Gasteiger partial charge in [0, 0.05) is 12.4 Å². The Morgan fingerprint density at radius 2 is 2.23 bits per heavy atom. The molecule has 0 saturated carbocycles. The van der Waals surface area contributed by atoms with Gasteiger partial charge in [0.15, 0.2) is 0 Å². The first-order valence-corrected chi connectivity index (χ1v) is 4.71. The van der Waals surface area contributed by atoms with Crippen LogP contribution in [0.15, 0.2) is 18.3 Å². The van der Waals surface area contributed by atoms with Gasteiger partial charge < -0.3 is 0 Å². The highest BCUT2D eigenvalue weighted by atomic mass is 35.5. The Bertz CT molecular complexity index is 445. The Morgan fingerprint density at radius 1 is 1.46 bits per heavy atom. The van der Waals surface area contributed by atoms with E-state index in [1.807, 2.05) is 24.0 Å². The molecule has 0 spiro atoms. The first-order valence-electron chi connectivity index (χ1n) is 4.33. The number of hydrogen-bond donors (Lipinski definition) is 0. The summed E-state index contributed by atoms with van der Waals surface area (Å²) in [5, 5.41) is 6.02. The van der Waals surface area contributed by atoms with E-state index in [2.05, 4.69) is 18.1 Å². The molecular weight excluding hydrogens is 184 g/mol. The number of halogens is 1. The van der Waals surface area contributed by atoms with Gasteiger partial charge in [0.05, 0.1) is 16.7 Å². The molecule has 0 atom stereocenters. The third-order valence-electron chi connectivity index (χ3n) is 2.31. The molecular formula is C10H11ClN2. The number of benzene rings is 1. The van der Waals surface area contributed by atoms with Crippen molar-refractivity contribution in [3.05, 3.63) is 28.9 Å². The Balaban J connectivity index is 2.88. The zero-order valence-electron chi connectivity index (χ0n) is 7.71. The average molecular weight is 195 g/mol. The summed E-state index contributed by atoms with van der Waals surface area (Å²) in [6, 6.07) is 4.00. The molecule has 1 aromatic carbocycles. The van der Waals surface area contributed by atoms with E-state index < -0.39 is 0 Å². The number of hydrogen-bond acceptors (Lipinski definition) is 1. The van der Waals surface area contributed by atoms with Crippen molar-refractivity contribution in [2.75, 3.05) is 0 Å². The zero-order valence-corrected chi connectivity index (χ0v) is 8.47. The van der Waals surface area contributed by atoms with Crippen LogP contribution in [0.4, 0.5) is 0 Å². The highest BCUT2D eigenvalue weighted by molar-refractivity contribution is 6.35. The van der Waals surface area contributed by atoms with Crippen LogP contribution in [0.5, 0.6) is 0 Å². The number of aryl methyl sites for hydroxylation is 2. The molecule has 68 valence electrons. The molecule has 0 saturated heterocycles. The molecule has 0 unspecified atom stereocenters. The lowest BCUT2D eigenvalue weighted by molar-refractivity contribution is 0.792. The second-order valence-electron chi connectivity index (χ2n) is 3.09. The fourth-order valence-corrected chi connectivity index (χ4v) is 1.82. The molecule has 1 aromatic heterocycles. The summed E-state index contributed by atoms with van der Waals surface area (Å²) in [6.07, 6.45) is 2.82. The van der Waals surface area contributed by atoms with Gasteiger partial charge in [0.1, 0.15) is 0 Å². The van der Waals surface area contributed by atoms with Crippen LogP contribution in [-0.2, 0) is 13.5 Å². The van der Waals surface area contributed by atoms with E-state index in [0.717, 1.165) is 22.3 Å². The van der Waals surface area contributed by atoms with Crippen molar-refractivity contribution < 1.29 is 0 Å². The van der Waals surface area contributed by atoms with Crippen LogP contribution in [0.2, 0.25) is 5.02 Å². The monoisotopic (exact) mass is 194 g/mol. The molecule has 0 fully saturated rings. The van der Waals surface area contributed by atoms with Crippen LogP contribution >= 0.6 is 11.6 Å². The van der Waals surface area contributed by atoms with Gasteiger partial charge in [-0.15, -0.1) is 0 Å². The molecule has 0 aliphatic heterocycles. The highest BCUT2D eigenvalue weighted by Gasteiger charge is 2.07. The predicted molar refractivity (Wildman–Crippen MR) is 55.1 cm³/mol. The standard InChI is InChI=1S/C10H11ClN2/c1-3-7-4-5-9(11)8-6-12-13(2)10(7)8/h4-6H,3H2,1-2H3. The lowest BCUT2D eigenvalue weighted by atomic mass is 10.1. The second-order valence-corrected chi connectivity index (χ2v) is 3.50. The minimum atomic E-state index is 0.778. The second kappa shape index (κ2) is 3.04. The van der Waals surface area contributed by atoms with E-state index in [-0.39, 0.29) is 0 Å². The van der Waals surface area contributed by atoms with E-state index in [1.165, 1.54) is 5.56 Å². The predicted octanol–water partition coefficient (Wildman–Crippen LogP) is 2.79. The molecule has 2 rings (SSSR count). The van der Waals surface area contributed by atoms with Crippen LogP contribution in [0.25, 0.3) is 10.9 Å². The van der Waals surface area contributed by atoms with Crippen molar-refractivity contribution in [3.63, 3.8) is 0 Å². The summed E-state index contributed by atoms with van der Waals surface area (Å²) in [6.45, 7) is 2.13. The summed E-state index contributed by atoms with van der Waals surface area (Å²) in [4.78, 5) is 0. The summed E-state index contributed by atoms with van der Waals surface area (Å²) in [5.74, 6) is 0. The van der Waals surface area contributed by atoms with Crippen molar-refractivity contribution in [2.45, 2.75) is 13.3 Å². The molecule has 2 nitrogen and oxygen atoms in total. The average Bonchev–Trinajstić information content (AvgIpc) is 2.51. The molecule has 1 heterocycles. The smallest absolute Gasteiger partial charge is 0.0725 e.